The molecule has 4 heteroatoms. The molecular weight excluding hydrogens is 460 g/mol. The van der Waals surface area contributed by atoms with Gasteiger partial charge in [-0.1, -0.05) is 55.2 Å². The van der Waals surface area contributed by atoms with Crippen molar-refractivity contribution < 1.29 is 19.4 Å². The number of methoxy groups -OCH3 is 1. The molecule has 1 N–H and O–H groups in total. The smallest absolute Gasteiger partial charge is 0.137 e. The minimum atomic E-state index is -1.13. The first-order valence-corrected chi connectivity index (χ1v) is 13.4. The number of carbonyl (C=O) groups is 1. The lowest BCUT2D eigenvalue weighted by Crippen LogP contribution is -2.48. The van der Waals surface area contributed by atoms with Crippen LogP contribution < -0.4 is 4.74 Å². The van der Waals surface area contributed by atoms with Crippen molar-refractivity contribution in [2.45, 2.75) is 57.2 Å². The summed E-state index contributed by atoms with van der Waals surface area (Å²) in [6.45, 7) is 2.60. The maximum Gasteiger partial charge on any atom is 0.137 e. The maximum atomic E-state index is 12.3. The standard InChI is InChI=1S/C33H34O4/c1-32-21-37-31(23-8-12-26(36-2)13-9-23)30-27-15-11-25(34)20-24(27)10-14-28(30)29(32)17-19-33(32,35)18-16-22-6-4-3-5-7-22/h3-10,12-13,28-29,31,35H,11,14-15,17,19-21H2,1-2H3/t28?,29?,31-,32-,33-/m0/s1. The molecule has 3 aliphatic carbocycles. The van der Waals surface area contributed by atoms with Crippen LogP contribution in [0.2, 0.25) is 0 Å². The molecule has 0 radical (unpaired) electrons. The molecule has 6 rings (SSSR count). The Bertz CT molecular complexity index is 1330. The van der Waals surface area contributed by atoms with Crippen molar-refractivity contribution >= 4 is 5.78 Å². The fourth-order valence-corrected chi connectivity index (χ4v) is 7.16. The number of rotatable bonds is 2. The quantitative estimate of drug-likeness (QED) is 0.524. The lowest BCUT2D eigenvalue weighted by Gasteiger charge is -2.42. The molecule has 0 aromatic heterocycles. The molecule has 1 heterocycles. The van der Waals surface area contributed by atoms with Gasteiger partial charge >= 0.3 is 0 Å². The van der Waals surface area contributed by atoms with E-state index in [-0.39, 0.29) is 17.9 Å². The average molecular weight is 495 g/mol. The third-order valence-corrected chi connectivity index (χ3v) is 9.30. The molecule has 3 fully saturated rings. The van der Waals surface area contributed by atoms with E-state index in [0.29, 0.717) is 31.7 Å². The van der Waals surface area contributed by atoms with Gasteiger partial charge in [-0.25, -0.2) is 0 Å². The maximum absolute atomic E-state index is 12.3. The van der Waals surface area contributed by atoms with Crippen LogP contribution in [0.25, 0.3) is 0 Å². The Hall–Kier alpha value is -3.13. The molecule has 0 spiro atoms. The van der Waals surface area contributed by atoms with E-state index >= 15 is 0 Å². The number of hydrogen-bond donors (Lipinski definition) is 1. The topological polar surface area (TPSA) is 55.8 Å². The van der Waals surface area contributed by atoms with Crippen molar-refractivity contribution in [2.75, 3.05) is 13.7 Å². The zero-order chi connectivity index (χ0) is 25.6. The van der Waals surface area contributed by atoms with Crippen LogP contribution in [0.3, 0.4) is 0 Å². The first-order chi connectivity index (χ1) is 17.9. The zero-order valence-electron chi connectivity index (χ0n) is 21.6. The molecule has 2 aromatic rings. The monoisotopic (exact) mass is 494 g/mol. The highest BCUT2D eigenvalue weighted by Gasteiger charge is 2.61. The summed E-state index contributed by atoms with van der Waals surface area (Å²) < 4.78 is 12.2. The van der Waals surface area contributed by atoms with Crippen LogP contribution >= 0.6 is 0 Å². The second-order valence-electron chi connectivity index (χ2n) is 11.2. The van der Waals surface area contributed by atoms with Gasteiger partial charge in [-0.05, 0) is 84.1 Å². The first kappa shape index (κ1) is 24.2. The second-order valence-corrected chi connectivity index (χ2v) is 11.2. The van der Waals surface area contributed by atoms with Gasteiger partial charge in [-0.15, -0.1) is 0 Å². The Morgan fingerprint density at radius 2 is 1.86 bits per heavy atom. The van der Waals surface area contributed by atoms with Gasteiger partial charge in [-0.3, -0.25) is 4.79 Å². The van der Waals surface area contributed by atoms with Gasteiger partial charge < -0.3 is 14.6 Å². The summed E-state index contributed by atoms with van der Waals surface area (Å²) in [6, 6.07) is 18.0. The molecule has 5 atom stereocenters. The van der Waals surface area contributed by atoms with Crippen LogP contribution in [0.4, 0.5) is 0 Å². The lowest BCUT2D eigenvalue weighted by molar-refractivity contribution is -0.118. The molecule has 2 saturated carbocycles. The minimum absolute atomic E-state index is 0.212. The molecule has 4 aliphatic rings. The molecule has 4 nitrogen and oxygen atoms in total. The highest BCUT2D eigenvalue weighted by atomic mass is 16.5. The minimum Gasteiger partial charge on any atom is -0.497 e. The van der Waals surface area contributed by atoms with Gasteiger partial charge in [0.05, 0.1) is 13.7 Å². The molecule has 0 bridgehead atoms. The zero-order valence-corrected chi connectivity index (χ0v) is 21.6. The number of fused-ring (bicyclic) bond motifs is 4. The Kier molecular flexibility index (Phi) is 6.10. The first-order valence-electron chi connectivity index (χ1n) is 13.4. The van der Waals surface area contributed by atoms with E-state index in [0.717, 1.165) is 36.1 Å². The number of benzene rings is 2. The van der Waals surface area contributed by atoms with Crippen LogP contribution in [-0.2, 0) is 9.53 Å². The van der Waals surface area contributed by atoms with Crippen molar-refractivity contribution in [3.05, 3.63) is 88.5 Å². The summed E-state index contributed by atoms with van der Waals surface area (Å²) in [6.07, 6.45) is 6.38. The average Bonchev–Trinajstić information content (AvgIpc) is 3.10. The SMILES string of the molecule is COc1ccc([C@@H]2OC[C@@]3(C)C(CC[C@@]3(O)C#Cc3ccccc3)C3CC=C4CC(=O)CCC4=C32)cc1. The number of aliphatic hydroxyl groups is 1. The van der Waals surface area contributed by atoms with E-state index in [4.69, 9.17) is 9.47 Å². The Morgan fingerprint density at radius 3 is 2.62 bits per heavy atom. The van der Waals surface area contributed by atoms with E-state index in [1.165, 1.54) is 16.7 Å². The van der Waals surface area contributed by atoms with Crippen molar-refractivity contribution in [3.63, 3.8) is 0 Å². The molecule has 2 unspecified atom stereocenters. The van der Waals surface area contributed by atoms with E-state index in [1.54, 1.807) is 7.11 Å². The predicted molar refractivity (Wildman–Crippen MR) is 143 cm³/mol. The number of allylic oxidation sites excluding steroid dienone is 3. The summed E-state index contributed by atoms with van der Waals surface area (Å²) in [5, 5.41) is 12.1. The Labute approximate surface area is 219 Å². The van der Waals surface area contributed by atoms with Gasteiger partial charge in [-0.2, -0.15) is 0 Å². The van der Waals surface area contributed by atoms with E-state index in [2.05, 4.69) is 37.0 Å². The number of hydrogen-bond acceptors (Lipinski definition) is 4. The summed E-state index contributed by atoms with van der Waals surface area (Å²) >= 11 is 0. The van der Waals surface area contributed by atoms with Crippen molar-refractivity contribution in [1.82, 2.24) is 0 Å². The molecule has 37 heavy (non-hydrogen) atoms. The Balaban J connectivity index is 1.44. The van der Waals surface area contributed by atoms with Crippen LogP contribution in [0.15, 0.2) is 77.4 Å². The summed E-state index contributed by atoms with van der Waals surface area (Å²) in [4.78, 5) is 12.3. The van der Waals surface area contributed by atoms with Crippen molar-refractivity contribution in [1.29, 1.82) is 0 Å². The largest absolute Gasteiger partial charge is 0.497 e. The van der Waals surface area contributed by atoms with Crippen LogP contribution in [0, 0.1) is 29.1 Å². The van der Waals surface area contributed by atoms with Crippen molar-refractivity contribution in [2.24, 2.45) is 17.3 Å². The summed E-state index contributed by atoms with van der Waals surface area (Å²) in [7, 11) is 1.67. The highest BCUT2D eigenvalue weighted by molar-refractivity contribution is 5.84. The van der Waals surface area contributed by atoms with E-state index in [9.17, 15) is 9.90 Å². The lowest BCUT2D eigenvalue weighted by atomic mass is 9.62. The highest BCUT2D eigenvalue weighted by Crippen LogP contribution is 2.61. The van der Waals surface area contributed by atoms with Gasteiger partial charge in [0.15, 0.2) is 0 Å². The van der Waals surface area contributed by atoms with Crippen LogP contribution in [0.5, 0.6) is 5.75 Å². The number of ketones is 1. The third-order valence-electron chi connectivity index (χ3n) is 9.30. The Morgan fingerprint density at radius 1 is 1.08 bits per heavy atom. The van der Waals surface area contributed by atoms with E-state index < -0.39 is 11.0 Å². The molecule has 1 saturated heterocycles. The molecular formula is C33H34O4. The van der Waals surface area contributed by atoms with E-state index in [1.807, 2.05) is 42.5 Å². The molecule has 2 aromatic carbocycles. The molecule has 190 valence electrons. The predicted octanol–water partition coefficient (Wildman–Crippen LogP) is 5.96. The second kappa shape index (κ2) is 9.31. The van der Waals surface area contributed by atoms with Gasteiger partial charge in [0.1, 0.15) is 23.2 Å². The van der Waals surface area contributed by atoms with Crippen molar-refractivity contribution in [3.8, 4) is 17.6 Å². The number of ether oxygens (including phenoxy) is 2. The normalized spacial score (nSPS) is 32.8. The summed E-state index contributed by atoms with van der Waals surface area (Å²) in [5.74, 6) is 8.18. The van der Waals surface area contributed by atoms with Gasteiger partial charge in [0, 0.05) is 23.8 Å². The summed E-state index contributed by atoms with van der Waals surface area (Å²) in [5.41, 5.74) is 4.18. The fraction of sp³-hybridized carbons (Fsp3) is 0.424. The number of carbonyl (C=O) groups excluding carboxylic acids is 1. The number of Topliss-reactive ketones (excluding diaryl/α,β-unsaturated/α-hetero) is 1. The van der Waals surface area contributed by atoms with Gasteiger partial charge in [0.25, 0.3) is 0 Å². The molecule has 0 amide bonds. The fourth-order valence-electron chi connectivity index (χ4n) is 7.16. The third kappa shape index (κ3) is 4.06. The molecule has 1 aliphatic heterocycles. The van der Waals surface area contributed by atoms with Crippen LogP contribution in [-0.4, -0.2) is 30.2 Å². The van der Waals surface area contributed by atoms with Crippen LogP contribution in [0.1, 0.15) is 62.7 Å². The van der Waals surface area contributed by atoms with Gasteiger partial charge in [0.2, 0.25) is 0 Å².